The summed E-state index contributed by atoms with van der Waals surface area (Å²) in [4.78, 5) is 26.4. The number of hydrogen-bond acceptors (Lipinski definition) is 7. The molecule has 16 heteroatoms. The Labute approximate surface area is 268 Å². The lowest BCUT2D eigenvalue weighted by atomic mass is 10.1. The number of alkyl halides is 5. The monoisotopic (exact) mass is 683 g/mol. The molecule has 0 radical (unpaired) electrons. The Hall–Kier alpha value is -4.92. The van der Waals surface area contributed by atoms with Gasteiger partial charge in [0.25, 0.3) is 5.91 Å². The van der Waals surface area contributed by atoms with Gasteiger partial charge in [0.2, 0.25) is 5.88 Å². The first-order valence-electron chi connectivity index (χ1n) is 13.6. The van der Waals surface area contributed by atoms with Crippen LogP contribution in [0.2, 0.25) is 5.02 Å². The van der Waals surface area contributed by atoms with Crippen molar-refractivity contribution in [3.63, 3.8) is 0 Å². The van der Waals surface area contributed by atoms with Crippen molar-refractivity contribution >= 4 is 29.2 Å². The number of carbonyl (C=O) groups is 2. The molecule has 0 spiro atoms. The highest BCUT2D eigenvalue weighted by Crippen LogP contribution is 2.44. The minimum absolute atomic E-state index is 0.0808. The number of anilines is 1. The molecule has 9 nitrogen and oxygen atoms in total. The number of aromatic nitrogens is 2. The first-order valence-corrected chi connectivity index (χ1v) is 14.0. The molecule has 248 valence electrons. The van der Waals surface area contributed by atoms with Crippen molar-refractivity contribution in [1.82, 2.24) is 9.78 Å². The van der Waals surface area contributed by atoms with Crippen molar-refractivity contribution in [2.45, 2.75) is 45.5 Å². The average Bonchev–Trinajstić information content (AvgIpc) is 3.48. The Bertz CT molecular complexity index is 1850. The molecule has 0 atom stereocenters. The van der Waals surface area contributed by atoms with Crippen molar-refractivity contribution in [3.05, 3.63) is 93.9 Å². The Morgan fingerprint density at radius 3 is 2.23 bits per heavy atom. The molecule has 1 aliphatic heterocycles. The third-order valence-electron chi connectivity index (χ3n) is 6.50. The van der Waals surface area contributed by atoms with Gasteiger partial charge in [0.15, 0.2) is 23.0 Å². The van der Waals surface area contributed by atoms with Gasteiger partial charge in [-0.1, -0.05) is 29.8 Å². The third kappa shape index (κ3) is 7.24. The summed E-state index contributed by atoms with van der Waals surface area (Å²) in [5.74, 6) is -4.09. The number of rotatable bonds is 7. The fourth-order valence-electron chi connectivity index (χ4n) is 4.38. The summed E-state index contributed by atoms with van der Waals surface area (Å²) in [7, 11) is 1.16. The van der Waals surface area contributed by atoms with Crippen molar-refractivity contribution < 1.29 is 54.9 Å². The van der Waals surface area contributed by atoms with Crippen LogP contribution in [0.5, 0.6) is 17.4 Å². The Morgan fingerprint density at radius 1 is 0.979 bits per heavy atom. The highest BCUT2D eigenvalue weighted by Gasteiger charge is 2.44. The predicted octanol–water partition coefficient (Wildman–Crippen LogP) is 7.82. The lowest BCUT2D eigenvalue weighted by Crippen LogP contribution is -2.27. The van der Waals surface area contributed by atoms with Crippen LogP contribution in [0.3, 0.4) is 0 Å². The van der Waals surface area contributed by atoms with Crippen LogP contribution in [0.15, 0.2) is 60.7 Å². The predicted molar refractivity (Wildman–Crippen MR) is 155 cm³/mol. The standard InChI is InChI=1S/C31H24ClF6N3O6/c1-29(2,3)47-28(43)17-10-8-16(9-11-17)15-44-27-24(32)25(30(34,35)36)39-41(27)19-7-5-6-18(12-19)26(42)40(4)21-14-23-22(13-20(21)33)45-31(37,38)46-23/h5-14H,15H2,1-4H3. The van der Waals surface area contributed by atoms with E-state index >= 15 is 0 Å². The topological polar surface area (TPSA) is 92.1 Å². The second kappa shape index (κ2) is 12.0. The molecule has 1 amide bonds. The van der Waals surface area contributed by atoms with Crippen LogP contribution in [0.25, 0.3) is 5.69 Å². The number of amides is 1. The Balaban J connectivity index is 1.42. The lowest BCUT2D eigenvalue weighted by molar-refractivity contribution is -0.286. The highest BCUT2D eigenvalue weighted by atomic mass is 35.5. The third-order valence-corrected chi connectivity index (χ3v) is 6.84. The van der Waals surface area contributed by atoms with E-state index < -0.39 is 69.5 Å². The fraction of sp³-hybridized carbons (Fsp3) is 0.258. The smallest absolute Gasteiger partial charge is 0.472 e. The molecule has 3 aromatic carbocycles. The van der Waals surface area contributed by atoms with E-state index in [9.17, 15) is 35.9 Å². The molecule has 0 saturated heterocycles. The number of ether oxygens (including phenoxy) is 4. The van der Waals surface area contributed by atoms with Crippen LogP contribution < -0.4 is 19.1 Å². The maximum absolute atomic E-state index is 14.8. The van der Waals surface area contributed by atoms with Gasteiger partial charge in [0, 0.05) is 24.7 Å². The average molecular weight is 684 g/mol. The molecule has 0 bridgehead atoms. The van der Waals surface area contributed by atoms with E-state index in [2.05, 4.69) is 14.6 Å². The second-order valence-electron chi connectivity index (χ2n) is 11.2. The Kier molecular flexibility index (Phi) is 8.56. The minimum atomic E-state index is -4.98. The number of halogens is 7. The van der Waals surface area contributed by atoms with Crippen LogP contribution in [-0.2, 0) is 17.5 Å². The molecule has 0 aliphatic carbocycles. The normalized spacial score (nSPS) is 13.8. The van der Waals surface area contributed by atoms with Gasteiger partial charge in [-0.3, -0.25) is 4.79 Å². The molecule has 4 aromatic rings. The van der Waals surface area contributed by atoms with Crippen LogP contribution in [0.1, 0.15) is 52.7 Å². The van der Waals surface area contributed by atoms with E-state index in [1.54, 1.807) is 20.8 Å². The SMILES string of the molecule is CN(C(=O)c1cccc(-n2nc(C(F)(F)F)c(Cl)c2OCc2ccc(C(=O)OC(C)(C)C)cc2)c1)c1cc2c(cc1F)OC(F)(F)O2. The van der Waals surface area contributed by atoms with Gasteiger partial charge in [-0.2, -0.15) is 23.0 Å². The van der Waals surface area contributed by atoms with Gasteiger partial charge in [-0.05, 0) is 56.7 Å². The van der Waals surface area contributed by atoms with E-state index in [1.165, 1.54) is 42.5 Å². The van der Waals surface area contributed by atoms with Crippen LogP contribution in [0.4, 0.5) is 32.0 Å². The van der Waals surface area contributed by atoms with Crippen molar-refractivity contribution in [1.29, 1.82) is 0 Å². The van der Waals surface area contributed by atoms with E-state index in [0.29, 0.717) is 11.6 Å². The van der Waals surface area contributed by atoms with E-state index in [4.69, 9.17) is 21.1 Å². The molecular formula is C31H24ClF6N3O6. The van der Waals surface area contributed by atoms with Crippen LogP contribution >= 0.6 is 11.6 Å². The zero-order chi connectivity index (χ0) is 34.5. The summed E-state index contributed by atoms with van der Waals surface area (Å²) in [6.07, 6.45) is -9.00. The number of nitrogens with zero attached hydrogens (tertiary/aromatic N) is 3. The van der Waals surface area contributed by atoms with E-state index in [1.807, 2.05) is 0 Å². The fourth-order valence-corrected chi connectivity index (χ4v) is 4.66. The van der Waals surface area contributed by atoms with E-state index in [0.717, 1.165) is 28.8 Å². The summed E-state index contributed by atoms with van der Waals surface area (Å²) in [6.45, 7) is 4.85. The maximum Gasteiger partial charge on any atom is 0.586 e. The van der Waals surface area contributed by atoms with Gasteiger partial charge in [-0.25, -0.2) is 9.18 Å². The summed E-state index contributed by atoms with van der Waals surface area (Å²) in [5, 5.41) is 2.74. The molecule has 5 rings (SSSR count). The summed E-state index contributed by atoms with van der Waals surface area (Å²) in [6, 6.07) is 12.6. The molecule has 47 heavy (non-hydrogen) atoms. The van der Waals surface area contributed by atoms with Crippen molar-refractivity contribution in [2.24, 2.45) is 0 Å². The zero-order valence-electron chi connectivity index (χ0n) is 24.9. The molecule has 1 aliphatic rings. The first-order chi connectivity index (χ1) is 21.8. The molecule has 0 fully saturated rings. The highest BCUT2D eigenvalue weighted by molar-refractivity contribution is 6.32. The molecule has 2 heterocycles. The first kappa shape index (κ1) is 33.4. The van der Waals surface area contributed by atoms with Gasteiger partial charge >= 0.3 is 18.4 Å². The summed E-state index contributed by atoms with van der Waals surface area (Å²) in [5.41, 5.74) is -2.13. The Morgan fingerprint density at radius 2 is 1.62 bits per heavy atom. The maximum atomic E-state index is 14.8. The summed E-state index contributed by atoms with van der Waals surface area (Å²) < 4.78 is 103. The number of carbonyl (C=O) groups excluding carboxylic acids is 2. The number of hydrogen-bond donors (Lipinski definition) is 0. The molecule has 0 N–H and O–H groups in total. The largest absolute Gasteiger partial charge is 0.586 e. The van der Waals surface area contributed by atoms with Gasteiger partial charge in [-0.15, -0.1) is 8.78 Å². The molecular weight excluding hydrogens is 660 g/mol. The number of esters is 1. The second-order valence-corrected chi connectivity index (χ2v) is 11.6. The van der Waals surface area contributed by atoms with Crippen LogP contribution in [-0.4, -0.2) is 40.6 Å². The molecule has 0 unspecified atom stereocenters. The van der Waals surface area contributed by atoms with Gasteiger partial charge in [0.05, 0.1) is 16.9 Å². The molecule has 0 saturated carbocycles. The van der Waals surface area contributed by atoms with Crippen LogP contribution in [0, 0.1) is 5.82 Å². The number of fused-ring (bicyclic) bond motifs is 1. The van der Waals surface area contributed by atoms with Crippen molar-refractivity contribution in [2.75, 3.05) is 11.9 Å². The zero-order valence-corrected chi connectivity index (χ0v) is 25.7. The van der Waals surface area contributed by atoms with E-state index in [-0.39, 0.29) is 23.4 Å². The quantitative estimate of drug-likeness (QED) is 0.145. The van der Waals surface area contributed by atoms with Gasteiger partial charge in [0.1, 0.15) is 17.2 Å². The molecule has 1 aromatic heterocycles. The van der Waals surface area contributed by atoms with Crippen molar-refractivity contribution in [3.8, 4) is 23.1 Å². The number of benzene rings is 3. The minimum Gasteiger partial charge on any atom is -0.472 e. The lowest BCUT2D eigenvalue weighted by Gasteiger charge is -2.19. The van der Waals surface area contributed by atoms with Gasteiger partial charge < -0.3 is 23.8 Å². The summed E-state index contributed by atoms with van der Waals surface area (Å²) >= 11 is 6.09.